The van der Waals surface area contributed by atoms with Crippen LogP contribution in [0.3, 0.4) is 0 Å². The van der Waals surface area contributed by atoms with E-state index in [1.807, 2.05) is 6.92 Å². The molecule has 1 aromatic heterocycles. The van der Waals surface area contributed by atoms with Crippen LogP contribution in [-0.4, -0.2) is 11.5 Å². The maximum absolute atomic E-state index is 5.61. The molecule has 0 saturated heterocycles. The van der Waals surface area contributed by atoms with E-state index < -0.39 is 0 Å². The van der Waals surface area contributed by atoms with Crippen molar-refractivity contribution in [2.45, 2.75) is 26.2 Å². The first kappa shape index (κ1) is 8.68. The molecule has 0 spiro atoms. The summed E-state index contributed by atoms with van der Waals surface area (Å²) in [6.45, 7) is 6.89. The Balaban J connectivity index is 2.92. The molecule has 0 aliphatic heterocycles. The summed E-state index contributed by atoms with van der Waals surface area (Å²) in [5, 5.41) is 3.20. The molecule has 0 radical (unpaired) electrons. The van der Waals surface area contributed by atoms with Gasteiger partial charge in [-0.25, -0.2) is 4.98 Å². The lowest BCUT2D eigenvalue weighted by Gasteiger charge is -2.18. The molecule has 0 unspecified atom stereocenters. The second-order valence-corrected chi connectivity index (χ2v) is 4.40. The molecule has 1 aromatic rings. The van der Waals surface area contributed by atoms with Crippen molar-refractivity contribution >= 4 is 11.3 Å². The molecular formula is C8H14N2S. The summed E-state index contributed by atoms with van der Waals surface area (Å²) in [6, 6.07) is 0. The van der Waals surface area contributed by atoms with Crippen molar-refractivity contribution in [1.29, 1.82) is 0 Å². The molecule has 0 atom stereocenters. The highest BCUT2D eigenvalue weighted by molar-refractivity contribution is 7.09. The Kier molecular flexibility index (Phi) is 2.30. The van der Waals surface area contributed by atoms with Crippen molar-refractivity contribution in [2.24, 2.45) is 5.73 Å². The van der Waals surface area contributed by atoms with Gasteiger partial charge in [0.2, 0.25) is 0 Å². The zero-order chi connectivity index (χ0) is 8.48. The molecule has 1 rings (SSSR count). The van der Waals surface area contributed by atoms with E-state index in [-0.39, 0.29) is 5.41 Å². The van der Waals surface area contributed by atoms with Crippen molar-refractivity contribution in [3.05, 3.63) is 16.1 Å². The molecule has 3 heteroatoms. The largest absolute Gasteiger partial charge is 0.330 e. The normalized spacial score (nSPS) is 12.0. The average molecular weight is 170 g/mol. The number of aryl methyl sites for hydroxylation is 1. The van der Waals surface area contributed by atoms with Crippen molar-refractivity contribution in [3.8, 4) is 0 Å². The van der Waals surface area contributed by atoms with Gasteiger partial charge >= 0.3 is 0 Å². The second-order valence-electron chi connectivity index (χ2n) is 3.34. The van der Waals surface area contributed by atoms with Crippen LogP contribution in [0.2, 0.25) is 0 Å². The Morgan fingerprint density at radius 3 is 2.64 bits per heavy atom. The Labute approximate surface area is 71.5 Å². The first-order valence-corrected chi connectivity index (χ1v) is 4.57. The highest BCUT2D eigenvalue weighted by atomic mass is 32.1. The minimum Gasteiger partial charge on any atom is -0.330 e. The van der Waals surface area contributed by atoms with Gasteiger partial charge in [-0.15, -0.1) is 11.3 Å². The summed E-state index contributed by atoms with van der Waals surface area (Å²) < 4.78 is 0. The zero-order valence-corrected chi connectivity index (χ0v) is 8.03. The van der Waals surface area contributed by atoms with Gasteiger partial charge in [0, 0.05) is 17.3 Å². The van der Waals surface area contributed by atoms with Crippen LogP contribution in [-0.2, 0) is 5.41 Å². The molecule has 2 N–H and O–H groups in total. The molecule has 62 valence electrons. The Bertz CT molecular complexity index is 240. The summed E-state index contributed by atoms with van der Waals surface area (Å²) in [5.41, 5.74) is 6.76. The van der Waals surface area contributed by atoms with Crippen LogP contribution in [0.4, 0.5) is 0 Å². The lowest BCUT2D eigenvalue weighted by molar-refractivity contribution is 0.524. The molecule has 0 aliphatic rings. The third kappa shape index (κ3) is 1.79. The van der Waals surface area contributed by atoms with E-state index >= 15 is 0 Å². The average Bonchev–Trinajstić information content (AvgIpc) is 2.36. The number of rotatable bonds is 2. The molecule has 11 heavy (non-hydrogen) atoms. The lowest BCUT2D eigenvalue weighted by atomic mass is 9.90. The summed E-state index contributed by atoms with van der Waals surface area (Å²) >= 11 is 1.68. The lowest BCUT2D eigenvalue weighted by Crippen LogP contribution is -2.28. The number of nitrogens with two attached hydrogens (primary N) is 1. The van der Waals surface area contributed by atoms with E-state index in [4.69, 9.17) is 5.73 Å². The molecule has 0 aliphatic carbocycles. The van der Waals surface area contributed by atoms with Crippen molar-refractivity contribution < 1.29 is 0 Å². The summed E-state index contributed by atoms with van der Waals surface area (Å²) in [5.74, 6) is 0. The molecule has 2 nitrogen and oxygen atoms in total. The minimum atomic E-state index is 0.0325. The number of aromatic nitrogens is 1. The van der Waals surface area contributed by atoms with Crippen LogP contribution in [0.5, 0.6) is 0 Å². The van der Waals surface area contributed by atoms with Crippen LogP contribution in [0, 0.1) is 6.92 Å². The number of thiazole rings is 1. The van der Waals surface area contributed by atoms with Gasteiger partial charge in [0.25, 0.3) is 0 Å². The van der Waals surface area contributed by atoms with Crippen LogP contribution < -0.4 is 5.73 Å². The third-order valence-electron chi connectivity index (χ3n) is 1.82. The number of hydrogen-bond donors (Lipinski definition) is 1. The fourth-order valence-electron chi connectivity index (χ4n) is 0.779. The predicted octanol–water partition coefficient (Wildman–Crippen LogP) is 1.69. The Hall–Kier alpha value is -0.410. The summed E-state index contributed by atoms with van der Waals surface area (Å²) in [4.78, 5) is 4.39. The van der Waals surface area contributed by atoms with Crippen molar-refractivity contribution in [1.82, 2.24) is 4.98 Å². The van der Waals surface area contributed by atoms with Gasteiger partial charge in [-0.05, 0) is 6.92 Å². The molecule has 0 saturated carbocycles. The smallest absolute Gasteiger partial charge is 0.0897 e. The fourth-order valence-corrected chi connectivity index (χ4v) is 1.58. The van der Waals surface area contributed by atoms with Crippen LogP contribution in [0.25, 0.3) is 0 Å². The molecule has 0 aromatic carbocycles. The van der Waals surface area contributed by atoms with Gasteiger partial charge in [-0.2, -0.15) is 0 Å². The maximum Gasteiger partial charge on any atom is 0.0897 e. The van der Waals surface area contributed by atoms with E-state index in [2.05, 4.69) is 24.2 Å². The Morgan fingerprint density at radius 2 is 2.27 bits per heavy atom. The fraction of sp³-hybridized carbons (Fsp3) is 0.625. The maximum atomic E-state index is 5.61. The van der Waals surface area contributed by atoms with E-state index in [1.165, 1.54) is 0 Å². The first-order chi connectivity index (χ1) is 5.06. The quantitative estimate of drug-likeness (QED) is 0.733. The monoisotopic (exact) mass is 170 g/mol. The zero-order valence-electron chi connectivity index (χ0n) is 7.22. The summed E-state index contributed by atoms with van der Waals surface area (Å²) in [6.07, 6.45) is 0. The SMILES string of the molecule is Cc1nc(C(C)(C)CN)cs1. The predicted molar refractivity (Wildman–Crippen MR) is 48.9 cm³/mol. The van der Waals surface area contributed by atoms with Gasteiger partial charge in [-0.1, -0.05) is 13.8 Å². The van der Waals surface area contributed by atoms with Gasteiger partial charge in [0.1, 0.15) is 0 Å². The van der Waals surface area contributed by atoms with Gasteiger partial charge in [-0.3, -0.25) is 0 Å². The topological polar surface area (TPSA) is 38.9 Å². The number of nitrogens with zero attached hydrogens (tertiary/aromatic N) is 1. The minimum absolute atomic E-state index is 0.0325. The number of hydrogen-bond acceptors (Lipinski definition) is 3. The molecule has 1 heterocycles. The van der Waals surface area contributed by atoms with E-state index in [0.717, 1.165) is 10.7 Å². The van der Waals surface area contributed by atoms with Gasteiger partial charge < -0.3 is 5.73 Å². The van der Waals surface area contributed by atoms with E-state index in [1.54, 1.807) is 11.3 Å². The standard InChI is InChI=1S/C8H14N2S/c1-6-10-7(4-11-6)8(2,3)5-9/h4H,5,9H2,1-3H3. The van der Waals surface area contributed by atoms with E-state index in [0.29, 0.717) is 6.54 Å². The third-order valence-corrected chi connectivity index (χ3v) is 2.60. The van der Waals surface area contributed by atoms with Gasteiger partial charge in [0.15, 0.2) is 0 Å². The highest BCUT2D eigenvalue weighted by Gasteiger charge is 2.20. The van der Waals surface area contributed by atoms with Crippen LogP contribution in [0.1, 0.15) is 24.5 Å². The second kappa shape index (κ2) is 2.91. The summed E-state index contributed by atoms with van der Waals surface area (Å²) in [7, 11) is 0. The van der Waals surface area contributed by atoms with Crippen molar-refractivity contribution in [3.63, 3.8) is 0 Å². The molecular weight excluding hydrogens is 156 g/mol. The van der Waals surface area contributed by atoms with E-state index in [9.17, 15) is 0 Å². The van der Waals surface area contributed by atoms with Gasteiger partial charge in [0.05, 0.1) is 10.7 Å². The Morgan fingerprint density at radius 1 is 1.64 bits per heavy atom. The molecule has 0 fully saturated rings. The highest BCUT2D eigenvalue weighted by Crippen LogP contribution is 2.22. The van der Waals surface area contributed by atoms with Crippen LogP contribution in [0.15, 0.2) is 5.38 Å². The van der Waals surface area contributed by atoms with Crippen molar-refractivity contribution in [2.75, 3.05) is 6.54 Å². The molecule has 0 bridgehead atoms. The molecule has 0 amide bonds. The van der Waals surface area contributed by atoms with Crippen LogP contribution >= 0.6 is 11.3 Å². The first-order valence-electron chi connectivity index (χ1n) is 3.69.